The van der Waals surface area contributed by atoms with Crippen molar-refractivity contribution in [3.8, 4) is 0 Å². The van der Waals surface area contributed by atoms with E-state index in [0.29, 0.717) is 39.5 Å². The molecule has 0 unspecified atom stereocenters. The average molecular weight is 533 g/mol. The SMILES string of the molecule is CCOC(=O)/C=C/C=C1\OC(/C=C(\Cl)c2ccc(Cl)cc2)=Nc2c1oc1ccc(Br)cc21. The summed E-state index contributed by atoms with van der Waals surface area (Å²) in [6.07, 6.45) is 6.08. The zero-order chi connectivity index (χ0) is 22.7. The van der Waals surface area contributed by atoms with Gasteiger partial charge in [0.15, 0.2) is 11.5 Å². The van der Waals surface area contributed by atoms with Crippen LogP contribution in [-0.4, -0.2) is 18.5 Å². The van der Waals surface area contributed by atoms with Crippen LogP contribution in [0.2, 0.25) is 5.02 Å². The van der Waals surface area contributed by atoms with Gasteiger partial charge in [-0.25, -0.2) is 9.79 Å². The van der Waals surface area contributed by atoms with Gasteiger partial charge in [-0.05, 0) is 48.9 Å². The van der Waals surface area contributed by atoms with Crippen LogP contribution in [-0.2, 0) is 14.3 Å². The van der Waals surface area contributed by atoms with Gasteiger partial charge in [0, 0.05) is 27.0 Å². The van der Waals surface area contributed by atoms with Crippen LogP contribution in [0.25, 0.3) is 21.8 Å². The Bertz CT molecular complexity index is 1300. The maximum atomic E-state index is 11.6. The molecular formula is C24H16BrCl2NO4. The van der Waals surface area contributed by atoms with Crippen molar-refractivity contribution in [2.75, 3.05) is 6.61 Å². The molecule has 8 heteroatoms. The lowest BCUT2D eigenvalue weighted by atomic mass is 10.2. The van der Waals surface area contributed by atoms with Crippen molar-refractivity contribution in [3.05, 3.63) is 87.6 Å². The monoisotopic (exact) mass is 531 g/mol. The molecule has 1 aliphatic heterocycles. The summed E-state index contributed by atoms with van der Waals surface area (Å²) in [6.45, 7) is 2.04. The van der Waals surface area contributed by atoms with Gasteiger partial charge in [0.1, 0.15) is 11.3 Å². The van der Waals surface area contributed by atoms with Gasteiger partial charge in [-0.3, -0.25) is 0 Å². The van der Waals surface area contributed by atoms with Crippen molar-refractivity contribution >= 4 is 78.4 Å². The maximum absolute atomic E-state index is 11.6. The molecule has 0 radical (unpaired) electrons. The van der Waals surface area contributed by atoms with Gasteiger partial charge < -0.3 is 13.9 Å². The molecule has 0 amide bonds. The minimum absolute atomic E-state index is 0.274. The number of hydrogen-bond acceptors (Lipinski definition) is 5. The predicted molar refractivity (Wildman–Crippen MR) is 131 cm³/mol. The highest BCUT2D eigenvalue weighted by atomic mass is 79.9. The van der Waals surface area contributed by atoms with Crippen LogP contribution in [0.5, 0.6) is 0 Å². The number of ether oxygens (including phenoxy) is 2. The Hall–Kier alpha value is -2.80. The molecule has 0 saturated carbocycles. The van der Waals surface area contributed by atoms with Crippen LogP contribution < -0.4 is 0 Å². The number of fused-ring (bicyclic) bond motifs is 3. The lowest BCUT2D eigenvalue weighted by molar-refractivity contribution is -0.137. The first-order valence-corrected chi connectivity index (χ1v) is 11.2. The molecule has 0 atom stereocenters. The second-order valence-electron chi connectivity index (χ2n) is 6.61. The fraction of sp³-hybridized carbons (Fsp3) is 0.0833. The Balaban J connectivity index is 1.77. The van der Waals surface area contributed by atoms with Crippen molar-refractivity contribution in [1.29, 1.82) is 0 Å². The van der Waals surface area contributed by atoms with Gasteiger partial charge in [-0.15, -0.1) is 0 Å². The molecule has 162 valence electrons. The molecule has 32 heavy (non-hydrogen) atoms. The summed E-state index contributed by atoms with van der Waals surface area (Å²) in [4.78, 5) is 16.2. The Morgan fingerprint density at radius 1 is 1.22 bits per heavy atom. The van der Waals surface area contributed by atoms with E-state index in [4.69, 9.17) is 37.1 Å². The molecular weight excluding hydrogens is 517 g/mol. The molecule has 5 nitrogen and oxygen atoms in total. The second-order valence-corrected chi connectivity index (χ2v) is 8.37. The number of aliphatic imine (C=N–C) groups is 1. The zero-order valence-corrected chi connectivity index (χ0v) is 19.9. The molecule has 0 aliphatic carbocycles. The zero-order valence-electron chi connectivity index (χ0n) is 16.8. The van der Waals surface area contributed by atoms with Crippen molar-refractivity contribution in [2.45, 2.75) is 6.92 Å². The van der Waals surface area contributed by atoms with Gasteiger partial charge in [0.05, 0.1) is 11.6 Å². The Kier molecular flexibility index (Phi) is 6.84. The number of allylic oxidation sites excluding steroid dienone is 2. The molecule has 0 N–H and O–H groups in total. The van der Waals surface area contributed by atoms with Crippen LogP contribution in [0.4, 0.5) is 5.69 Å². The number of esters is 1. The summed E-state index contributed by atoms with van der Waals surface area (Å²) in [5.41, 5.74) is 2.02. The summed E-state index contributed by atoms with van der Waals surface area (Å²) in [6, 6.07) is 12.8. The third-order valence-electron chi connectivity index (χ3n) is 4.42. The summed E-state index contributed by atoms with van der Waals surface area (Å²) in [5.74, 6) is 0.658. The number of carbonyl (C=O) groups is 1. The van der Waals surface area contributed by atoms with E-state index >= 15 is 0 Å². The molecule has 0 bridgehead atoms. The Morgan fingerprint density at radius 2 is 2.00 bits per heavy atom. The lowest BCUT2D eigenvalue weighted by Gasteiger charge is -2.14. The van der Waals surface area contributed by atoms with Gasteiger partial charge in [-0.1, -0.05) is 57.3 Å². The molecule has 2 heterocycles. The van der Waals surface area contributed by atoms with E-state index in [0.717, 1.165) is 15.4 Å². The highest BCUT2D eigenvalue weighted by Crippen LogP contribution is 2.42. The van der Waals surface area contributed by atoms with Gasteiger partial charge in [-0.2, -0.15) is 0 Å². The minimum atomic E-state index is -0.450. The summed E-state index contributed by atoms with van der Waals surface area (Å²) >= 11 is 15.9. The largest absolute Gasteiger partial charge is 0.463 e. The molecule has 0 saturated heterocycles. The molecule has 1 aliphatic rings. The predicted octanol–water partition coefficient (Wildman–Crippen LogP) is 7.65. The number of rotatable bonds is 5. The van der Waals surface area contributed by atoms with E-state index in [-0.39, 0.29) is 5.90 Å². The van der Waals surface area contributed by atoms with E-state index in [9.17, 15) is 4.79 Å². The highest BCUT2D eigenvalue weighted by molar-refractivity contribution is 9.10. The number of halogens is 3. The van der Waals surface area contributed by atoms with E-state index in [1.165, 1.54) is 12.2 Å². The van der Waals surface area contributed by atoms with Crippen molar-refractivity contribution in [2.24, 2.45) is 4.99 Å². The number of benzene rings is 2. The third-order valence-corrected chi connectivity index (χ3v) is 5.49. The first kappa shape index (κ1) is 22.4. The molecule has 2 aromatic carbocycles. The fourth-order valence-corrected chi connectivity index (χ4v) is 3.71. The standard InChI is InChI=1S/C24H16BrCl2NO4/c1-2-30-22(29)5-3-4-20-24-23(17-12-15(25)8-11-19(17)32-24)28-21(31-20)13-18(27)14-6-9-16(26)10-7-14/h3-13H,2H2,1H3/b5-3+,18-13-,20-4-. The summed E-state index contributed by atoms with van der Waals surface area (Å²) in [5, 5.41) is 1.86. The normalized spacial score (nSPS) is 15.1. The number of nitrogens with zero attached hydrogens (tertiary/aromatic N) is 1. The number of furan rings is 1. The van der Waals surface area contributed by atoms with Crippen LogP contribution in [0, 0.1) is 0 Å². The van der Waals surface area contributed by atoms with Gasteiger partial charge in [0.25, 0.3) is 0 Å². The van der Waals surface area contributed by atoms with E-state index in [2.05, 4.69) is 20.9 Å². The maximum Gasteiger partial charge on any atom is 0.330 e. The van der Waals surface area contributed by atoms with Crippen LogP contribution in [0.15, 0.2) is 80.7 Å². The fourth-order valence-electron chi connectivity index (χ4n) is 3.00. The topological polar surface area (TPSA) is 61.0 Å². The first-order chi connectivity index (χ1) is 15.4. The van der Waals surface area contributed by atoms with Gasteiger partial charge >= 0.3 is 5.97 Å². The second kappa shape index (κ2) is 9.77. The summed E-state index contributed by atoms with van der Waals surface area (Å²) in [7, 11) is 0. The average Bonchev–Trinajstić information content (AvgIpc) is 3.12. The van der Waals surface area contributed by atoms with Crippen LogP contribution in [0.1, 0.15) is 18.2 Å². The summed E-state index contributed by atoms with van der Waals surface area (Å²) < 4.78 is 17.7. The molecule has 3 aromatic rings. The lowest BCUT2D eigenvalue weighted by Crippen LogP contribution is -2.06. The Labute approximate surface area is 202 Å². The minimum Gasteiger partial charge on any atom is -0.463 e. The third kappa shape index (κ3) is 4.99. The quantitative estimate of drug-likeness (QED) is 0.250. The Morgan fingerprint density at radius 3 is 2.75 bits per heavy atom. The van der Waals surface area contributed by atoms with E-state index in [1.807, 2.05) is 18.2 Å². The van der Waals surface area contributed by atoms with Crippen molar-refractivity contribution < 1.29 is 18.7 Å². The van der Waals surface area contributed by atoms with Crippen LogP contribution in [0.3, 0.4) is 0 Å². The smallest absolute Gasteiger partial charge is 0.330 e. The van der Waals surface area contributed by atoms with Crippen molar-refractivity contribution in [1.82, 2.24) is 0 Å². The van der Waals surface area contributed by atoms with E-state index < -0.39 is 5.97 Å². The van der Waals surface area contributed by atoms with Crippen LogP contribution >= 0.6 is 39.1 Å². The first-order valence-electron chi connectivity index (χ1n) is 9.62. The number of carbonyl (C=O) groups excluding carboxylic acids is 1. The van der Waals surface area contributed by atoms with Crippen molar-refractivity contribution in [3.63, 3.8) is 0 Å². The van der Waals surface area contributed by atoms with E-state index in [1.54, 1.807) is 43.3 Å². The molecule has 0 fully saturated rings. The number of hydrogen-bond donors (Lipinski definition) is 0. The molecule has 4 rings (SSSR count). The van der Waals surface area contributed by atoms with Gasteiger partial charge in [0.2, 0.25) is 5.90 Å². The molecule has 1 aromatic heterocycles. The molecule has 0 spiro atoms. The highest BCUT2D eigenvalue weighted by Gasteiger charge is 2.25.